The number of aliphatic hydroxyl groups is 1. The van der Waals surface area contributed by atoms with Crippen LogP contribution >= 0.6 is 0 Å². The van der Waals surface area contributed by atoms with Gasteiger partial charge in [0.1, 0.15) is 11.9 Å². The van der Waals surface area contributed by atoms with E-state index in [0.29, 0.717) is 29.1 Å². The SMILES string of the molecule is CC(=O)[C@H]1CC[C@H]2[C@@H]3[C@H](OC(=O)c4cccnc4)C[C@H]4C[C@H](O)CC[C@]4(C)[C@H]3CC[C@]12C. The quantitative estimate of drug-likeness (QED) is 0.683. The minimum atomic E-state index is -0.296. The van der Waals surface area contributed by atoms with Crippen molar-refractivity contribution in [2.24, 2.45) is 40.4 Å². The fourth-order valence-electron chi connectivity index (χ4n) is 8.65. The van der Waals surface area contributed by atoms with Gasteiger partial charge in [-0.25, -0.2) is 4.79 Å². The van der Waals surface area contributed by atoms with E-state index in [1.165, 1.54) is 0 Å². The summed E-state index contributed by atoms with van der Waals surface area (Å²) in [6, 6.07) is 3.53. The van der Waals surface area contributed by atoms with Crippen LogP contribution in [0.15, 0.2) is 24.5 Å². The van der Waals surface area contributed by atoms with Crippen molar-refractivity contribution in [1.29, 1.82) is 0 Å². The Morgan fingerprint density at radius 1 is 1.06 bits per heavy atom. The standard InChI is InChI=1S/C27H37NO4/c1-16(29)20-6-7-21-24-22(9-11-27(20,21)3)26(2)10-8-19(30)13-18(26)14-23(24)32-25(31)17-5-4-12-28-15-17/h4-5,12,15,18-24,30H,6-11,13-14H2,1-3H3/t18-,19-,20-,21+,22+,23-,24+,26+,27-/m1/s1. The Kier molecular flexibility index (Phi) is 5.47. The highest BCUT2D eigenvalue weighted by atomic mass is 16.5. The van der Waals surface area contributed by atoms with Crippen molar-refractivity contribution < 1.29 is 19.4 Å². The summed E-state index contributed by atoms with van der Waals surface area (Å²) in [4.78, 5) is 29.7. The van der Waals surface area contributed by atoms with E-state index in [-0.39, 0.29) is 40.8 Å². The maximum Gasteiger partial charge on any atom is 0.339 e. The number of Topliss-reactive ketones (excluding diaryl/α,β-unsaturated/α-hetero) is 1. The average Bonchev–Trinajstić information content (AvgIpc) is 3.13. The normalized spacial score (nSPS) is 45.3. The first-order chi connectivity index (χ1) is 15.2. The van der Waals surface area contributed by atoms with Crippen LogP contribution in [0.25, 0.3) is 0 Å². The fraction of sp³-hybridized carbons (Fsp3) is 0.741. The third-order valence-corrected chi connectivity index (χ3v) is 10.3. The Morgan fingerprint density at radius 3 is 2.53 bits per heavy atom. The smallest absolute Gasteiger partial charge is 0.339 e. The number of rotatable bonds is 3. The van der Waals surface area contributed by atoms with E-state index < -0.39 is 0 Å². The summed E-state index contributed by atoms with van der Waals surface area (Å²) < 4.78 is 6.28. The van der Waals surface area contributed by atoms with Gasteiger partial charge in [-0.05, 0) is 99.0 Å². The lowest BCUT2D eigenvalue weighted by Crippen LogP contribution is -2.59. The summed E-state index contributed by atoms with van der Waals surface area (Å²) in [6.07, 6.45) is 10.5. The van der Waals surface area contributed by atoms with Crippen LogP contribution in [0.3, 0.4) is 0 Å². The summed E-state index contributed by atoms with van der Waals surface area (Å²) in [6.45, 7) is 6.51. The molecule has 0 aliphatic heterocycles. The third kappa shape index (κ3) is 3.34. The molecule has 4 aliphatic rings. The lowest BCUT2D eigenvalue weighted by molar-refractivity contribution is -0.175. The molecule has 1 heterocycles. The second-order valence-electron chi connectivity index (χ2n) is 11.6. The van der Waals surface area contributed by atoms with Crippen LogP contribution in [0.1, 0.15) is 82.5 Å². The molecule has 4 fully saturated rings. The Balaban J connectivity index is 1.50. The maximum absolute atomic E-state index is 13.1. The van der Waals surface area contributed by atoms with Gasteiger partial charge in [-0.2, -0.15) is 0 Å². The number of fused-ring (bicyclic) bond motifs is 5. The number of hydrogen-bond donors (Lipinski definition) is 1. The molecule has 1 N–H and O–H groups in total. The predicted octanol–water partition coefficient (Wildman–Crippen LogP) is 4.83. The molecule has 1 aromatic heterocycles. The summed E-state index contributed by atoms with van der Waals surface area (Å²) in [7, 11) is 0. The van der Waals surface area contributed by atoms with E-state index in [1.54, 1.807) is 31.5 Å². The molecule has 0 amide bonds. The van der Waals surface area contributed by atoms with E-state index in [4.69, 9.17) is 4.74 Å². The molecule has 174 valence electrons. The zero-order valence-corrected chi connectivity index (χ0v) is 19.6. The van der Waals surface area contributed by atoms with E-state index in [9.17, 15) is 14.7 Å². The first-order valence-corrected chi connectivity index (χ1v) is 12.5. The van der Waals surface area contributed by atoms with Gasteiger partial charge in [0.05, 0.1) is 11.7 Å². The lowest BCUT2D eigenvalue weighted by Gasteiger charge is -2.62. The minimum absolute atomic E-state index is 0.00331. The van der Waals surface area contributed by atoms with E-state index >= 15 is 0 Å². The Bertz CT molecular complexity index is 887. The molecule has 1 aromatic rings. The summed E-state index contributed by atoms with van der Waals surface area (Å²) in [5.74, 6) is 1.69. The number of ether oxygens (including phenoxy) is 1. The summed E-state index contributed by atoms with van der Waals surface area (Å²) >= 11 is 0. The molecule has 0 unspecified atom stereocenters. The van der Waals surface area contributed by atoms with Crippen molar-refractivity contribution >= 4 is 11.8 Å². The molecule has 0 saturated heterocycles. The van der Waals surface area contributed by atoms with Crippen molar-refractivity contribution in [1.82, 2.24) is 4.98 Å². The third-order valence-electron chi connectivity index (χ3n) is 10.3. The number of carbonyl (C=O) groups excluding carboxylic acids is 2. The van der Waals surface area contributed by atoms with E-state index in [2.05, 4.69) is 18.8 Å². The fourth-order valence-corrected chi connectivity index (χ4v) is 8.65. The molecule has 0 spiro atoms. The van der Waals surface area contributed by atoms with Crippen LogP contribution in [-0.4, -0.2) is 34.1 Å². The van der Waals surface area contributed by atoms with Gasteiger partial charge in [0.2, 0.25) is 0 Å². The largest absolute Gasteiger partial charge is 0.458 e. The van der Waals surface area contributed by atoms with Gasteiger partial charge in [-0.3, -0.25) is 9.78 Å². The van der Waals surface area contributed by atoms with Gasteiger partial charge in [-0.1, -0.05) is 13.8 Å². The molecule has 9 atom stereocenters. The van der Waals surface area contributed by atoms with Crippen molar-refractivity contribution in [3.05, 3.63) is 30.1 Å². The van der Waals surface area contributed by atoms with Crippen LogP contribution in [0.2, 0.25) is 0 Å². The van der Waals surface area contributed by atoms with Gasteiger partial charge in [0.15, 0.2) is 0 Å². The Labute approximate surface area is 191 Å². The van der Waals surface area contributed by atoms with Crippen molar-refractivity contribution in [3.63, 3.8) is 0 Å². The zero-order valence-electron chi connectivity index (χ0n) is 19.6. The number of esters is 1. The average molecular weight is 440 g/mol. The number of hydrogen-bond acceptors (Lipinski definition) is 5. The van der Waals surface area contributed by atoms with Crippen LogP contribution in [0.5, 0.6) is 0 Å². The first kappa shape index (κ1) is 22.1. The highest BCUT2D eigenvalue weighted by Gasteiger charge is 2.64. The van der Waals surface area contributed by atoms with Gasteiger partial charge in [-0.15, -0.1) is 0 Å². The molecule has 4 aliphatic carbocycles. The first-order valence-electron chi connectivity index (χ1n) is 12.5. The molecule has 4 saturated carbocycles. The Morgan fingerprint density at radius 2 is 1.81 bits per heavy atom. The monoisotopic (exact) mass is 439 g/mol. The molecular weight excluding hydrogens is 402 g/mol. The van der Waals surface area contributed by atoms with E-state index in [1.807, 2.05) is 0 Å². The summed E-state index contributed by atoms with van der Waals surface area (Å²) in [5, 5.41) is 10.4. The van der Waals surface area contributed by atoms with Crippen LogP contribution in [-0.2, 0) is 9.53 Å². The summed E-state index contributed by atoms with van der Waals surface area (Å²) in [5.41, 5.74) is 0.674. The second-order valence-corrected chi connectivity index (χ2v) is 11.6. The zero-order chi connectivity index (χ0) is 22.7. The molecular formula is C27H37NO4. The molecule has 5 heteroatoms. The highest BCUT2D eigenvalue weighted by molar-refractivity contribution is 5.89. The van der Waals surface area contributed by atoms with Gasteiger partial charge < -0.3 is 9.84 Å². The number of ketones is 1. The minimum Gasteiger partial charge on any atom is -0.458 e. The number of carbonyl (C=O) groups is 2. The van der Waals surface area contributed by atoms with Gasteiger partial charge in [0, 0.05) is 24.2 Å². The Hall–Kier alpha value is -1.75. The molecule has 0 bridgehead atoms. The topological polar surface area (TPSA) is 76.5 Å². The van der Waals surface area contributed by atoms with Gasteiger partial charge >= 0.3 is 5.97 Å². The number of pyridine rings is 1. The van der Waals surface area contributed by atoms with Crippen LogP contribution in [0.4, 0.5) is 0 Å². The van der Waals surface area contributed by atoms with Crippen LogP contribution < -0.4 is 0 Å². The predicted molar refractivity (Wildman–Crippen MR) is 121 cm³/mol. The molecule has 32 heavy (non-hydrogen) atoms. The maximum atomic E-state index is 13.1. The van der Waals surface area contributed by atoms with Crippen molar-refractivity contribution in [2.75, 3.05) is 0 Å². The van der Waals surface area contributed by atoms with Crippen molar-refractivity contribution in [3.8, 4) is 0 Å². The second kappa shape index (κ2) is 7.93. The molecule has 5 nitrogen and oxygen atoms in total. The molecule has 0 radical (unpaired) electrons. The lowest BCUT2D eigenvalue weighted by atomic mass is 9.44. The van der Waals surface area contributed by atoms with Crippen LogP contribution in [0, 0.1) is 40.4 Å². The van der Waals surface area contributed by atoms with Crippen molar-refractivity contribution in [2.45, 2.75) is 84.3 Å². The molecule has 5 rings (SSSR count). The number of nitrogens with zero attached hydrogens (tertiary/aromatic N) is 1. The molecule has 0 aromatic carbocycles. The van der Waals surface area contributed by atoms with Gasteiger partial charge in [0.25, 0.3) is 0 Å². The highest BCUT2D eigenvalue weighted by Crippen LogP contribution is 2.67. The number of aromatic nitrogens is 1. The number of aliphatic hydroxyl groups excluding tert-OH is 1. The van der Waals surface area contributed by atoms with E-state index in [0.717, 1.165) is 51.4 Å².